The fraction of sp³-hybridized carbons (Fsp3) is 0.667. The second-order valence-corrected chi connectivity index (χ2v) is 6.19. The highest BCUT2D eigenvalue weighted by atomic mass is 16.5. The molecule has 0 saturated carbocycles. The number of aromatic nitrogens is 1. The van der Waals surface area contributed by atoms with Gasteiger partial charge in [-0.1, -0.05) is 26.8 Å². The molecule has 0 unspecified atom stereocenters. The predicted molar refractivity (Wildman–Crippen MR) is 77.4 cm³/mol. The van der Waals surface area contributed by atoms with Gasteiger partial charge in [0.05, 0.1) is 7.11 Å². The molecule has 2 heterocycles. The molecule has 106 valence electrons. The van der Waals surface area contributed by atoms with E-state index in [9.17, 15) is 0 Å². The Hall–Kier alpha value is -1.13. The number of hydrogen-bond donors (Lipinski definition) is 1. The molecule has 4 heteroatoms. The molecule has 0 radical (unpaired) electrons. The molecule has 1 aliphatic heterocycles. The summed E-state index contributed by atoms with van der Waals surface area (Å²) < 4.78 is 5.15. The van der Waals surface area contributed by atoms with Crippen LogP contribution in [0.3, 0.4) is 0 Å². The number of methoxy groups -OCH3 is 1. The smallest absolute Gasteiger partial charge is 0.212 e. The van der Waals surface area contributed by atoms with Gasteiger partial charge >= 0.3 is 0 Å². The molecular formula is C15H25N3O. The molecule has 0 spiro atoms. The number of ether oxygens (including phenoxy) is 1. The summed E-state index contributed by atoms with van der Waals surface area (Å²) in [7, 11) is 1.65. The summed E-state index contributed by atoms with van der Waals surface area (Å²) >= 11 is 0. The van der Waals surface area contributed by atoms with Crippen molar-refractivity contribution in [1.82, 2.24) is 15.2 Å². The Morgan fingerprint density at radius 1 is 1.26 bits per heavy atom. The minimum absolute atomic E-state index is 0.188. The van der Waals surface area contributed by atoms with Crippen molar-refractivity contribution in [3.05, 3.63) is 23.9 Å². The molecular weight excluding hydrogens is 238 g/mol. The number of rotatable bonds is 3. The first kappa shape index (κ1) is 14.3. The molecule has 0 bridgehead atoms. The predicted octanol–water partition coefficient (Wildman–Crippen LogP) is 2.08. The Bertz CT molecular complexity index is 391. The van der Waals surface area contributed by atoms with Crippen LogP contribution in [0.4, 0.5) is 0 Å². The van der Waals surface area contributed by atoms with Gasteiger partial charge in [0.15, 0.2) is 0 Å². The van der Waals surface area contributed by atoms with Gasteiger partial charge in [0.25, 0.3) is 0 Å². The van der Waals surface area contributed by atoms with Crippen molar-refractivity contribution in [2.45, 2.75) is 26.8 Å². The average molecular weight is 263 g/mol. The molecule has 1 aromatic heterocycles. The van der Waals surface area contributed by atoms with E-state index < -0.39 is 0 Å². The van der Waals surface area contributed by atoms with E-state index >= 15 is 0 Å². The van der Waals surface area contributed by atoms with Crippen molar-refractivity contribution in [2.24, 2.45) is 5.41 Å². The van der Waals surface area contributed by atoms with Gasteiger partial charge in [-0.25, -0.2) is 4.98 Å². The lowest BCUT2D eigenvalue weighted by Gasteiger charge is -2.42. The molecule has 0 aliphatic carbocycles. The molecule has 0 amide bonds. The van der Waals surface area contributed by atoms with E-state index in [1.165, 1.54) is 5.56 Å². The summed E-state index contributed by atoms with van der Waals surface area (Å²) in [5, 5.41) is 3.41. The SMILES string of the molecule is COc1ccc([C@@H](N2CCNCC2)C(C)(C)C)cn1. The van der Waals surface area contributed by atoms with Crippen LogP contribution in [0.15, 0.2) is 18.3 Å². The van der Waals surface area contributed by atoms with Gasteiger partial charge in [-0.15, -0.1) is 0 Å². The minimum atomic E-state index is 0.188. The first-order valence-corrected chi connectivity index (χ1v) is 6.97. The zero-order valence-electron chi connectivity index (χ0n) is 12.4. The average Bonchev–Trinajstić information content (AvgIpc) is 2.39. The van der Waals surface area contributed by atoms with Gasteiger partial charge in [0.1, 0.15) is 0 Å². The van der Waals surface area contributed by atoms with Gasteiger partial charge in [0, 0.05) is 44.5 Å². The van der Waals surface area contributed by atoms with Crippen LogP contribution < -0.4 is 10.1 Å². The van der Waals surface area contributed by atoms with E-state index in [1.807, 2.05) is 12.3 Å². The Balaban J connectivity index is 2.25. The molecule has 1 saturated heterocycles. The van der Waals surface area contributed by atoms with Crippen molar-refractivity contribution in [2.75, 3.05) is 33.3 Å². The molecule has 1 atom stereocenters. The highest BCUT2D eigenvalue weighted by Gasteiger charge is 2.32. The van der Waals surface area contributed by atoms with Gasteiger partial charge in [-0.2, -0.15) is 0 Å². The summed E-state index contributed by atoms with van der Waals surface area (Å²) in [6, 6.07) is 4.49. The number of hydrogen-bond acceptors (Lipinski definition) is 4. The maximum Gasteiger partial charge on any atom is 0.212 e. The maximum absolute atomic E-state index is 5.15. The normalized spacial score (nSPS) is 19.2. The van der Waals surface area contributed by atoms with Crippen molar-refractivity contribution in [3.8, 4) is 5.88 Å². The summed E-state index contributed by atoms with van der Waals surface area (Å²) in [5.74, 6) is 0.678. The molecule has 19 heavy (non-hydrogen) atoms. The molecule has 2 rings (SSSR count). The molecule has 1 aliphatic rings. The minimum Gasteiger partial charge on any atom is -0.481 e. The molecule has 1 fully saturated rings. The zero-order chi connectivity index (χ0) is 13.9. The number of nitrogens with one attached hydrogen (secondary N) is 1. The van der Waals surface area contributed by atoms with E-state index in [2.05, 4.69) is 42.0 Å². The third kappa shape index (κ3) is 3.45. The number of piperazine rings is 1. The van der Waals surface area contributed by atoms with E-state index in [4.69, 9.17) is 4.74 Å². The summed E-state index contributed by atoms with van der Waals surface area (Å²) in [4.78, 5) is 6.92. The lowest BCUT2D eigenvalue weighted by atomic mass is 9.81. The summed E-state index contributed by atoms with van der Waals surface area (Å²) in [6.07, 6.45) is 1.96. The summed E-state index contributed by atoms with van der Waals surface area (Å²) in [5.41, 5.74) is 1.46. The van der Waals surface area contributed by atoms with Crippen LogP contribution in [0, 0.1) is 5.41 Å². The third-order valence-electron chi connectivity index (χ3n) is 3.62. The van der Waals surface area contributed by atoms with E-state index in [0.29, 0.717) is 11.9 Å². The Morgan fingerprint density at radius 2 is 1.95 bits per heavy atom. The van der Waals surface area contributed by atoms with E-state index in [1.54, 1.807) is 7.11 Å². The first-order chi connectivity index (χ1) is 9.02. The standard InChI is InChI=1S/C15H25N3O/c1-15(2,3)14(18-9-7-16-8-10-18)12-5-6-13(19-4)17-11-12/h5-6,11,14,16H,7-10H2,1-4H3/t14-/m1/s1. The van der Waals surface area contributed by atoms with E-state index in [-0.39, 0.29) is 5.41 Å². The molecule has 0 aromatic carbocycles. The van der Waals surface area contributed by atoms with Crippen LogP contribution >= 0.6 is 0 Å². The van der Waals surface area contributed by atoms with Gasteiger partial charge < -0.3 is 10.1 Å². The largest absolute Gasteiger partial charge is 0.481 e. The highest BCUT2D eigenvalue weighted by molar-refractivity contribution is 5.22. The molecule has 1 aromatic rings. The number of pyridine rings is 1. The van der Waals surface area contributed by atoms with Gasteiger partial charge in [-0.3, -0.25) is 4.90 Å². The Kier molecular flexibility index (Phi) is 4.42. The Morgan fingerprint density at radius 3 is 2.42 bits per heavy atom. The molecule has 4 nitrogen and oxygen atoms in total. The van der Waals surface area contributed by atoms with Crippen molar-refractivity contribution >= 4 is 0 Å². The van der Waals surface area contributed by atoms with Crippen molar-refractivity contribution in [3.63, 3.8) is 0 Å². The second kappa shape index (κ2) is 5.88. The van der Waals surface area contributed by atoms with E-state index in [0.717, 1.165) is 26.2 Å². The quantitative estimate of drug-likeness (QED) is 0.906. The van der Waals surface area contributed by atoms with Crippen LogP contribution in [0.1, 0.15) is 32.4 Å². The van der Waals surface area contributed by atoms with Crippen LogP contribution in [0.25, 0.3) is 0 Å². The first-order valence-electron chi connectivity index (χ1n) is 6.97. The third-order valence-corrected chi connectivity index (χ3v) is 3.62. The molecule has 1 N–H and O–H groups in total. The van der Waals surface area contributed by atoms with Crippen molar-refractivity contribution in [1.29, 1.82) is 0 Å². The lowest BCUT2D eigenvalue weighted by molar-refractivity contribution is 0.0859. The highest BCUT2D eigenvalue weighted by Crippen LogP contribution is 2.38. The van der Waals surface area contributed by atoms with Crippen molar-refractivity contribution < 1.29 is 4.74 Å². The zero-order valence-corrected chi connectivity index (χ0v) is 12.4. The van der Waals surface area contributed by atoms with Crippen LogP contribution in [0.5, 0.6) is 5.88 Å². The van der Waals surface area contributed by atoms with Gasteiger partial charge in [0.2, 0.25) is 5.88 Å². The maximum atomic E-state index is 5.15. The van der Waals surface area contributed by atoms with Crippen LogP contribution in [-0.4, -0.2) is 43.2 Å². The topological polar surface area (TPSA) is 37.4 Å². The van der Waals surface area contributed by atoms with Gasteiger partial charge in [-0.05, 0) is 11.0 Å². The summed E-state index contributed by atoms with van der Waals surface area (Å²) in [6.45, 7) is 11.2. The Labute approximate surface area is 116 Å². The lowest BCUT2D eigenvalue weighted by Crippen LogP contribution is -2.48. The fourth-order valence-corrected chi connectivity index (χ4v) is 2.87. The number of nitrogens with zero attached hydrogens (tertiary/aromatic N) is 2. The second-order valence-electron chi connectivity index (χ2n) is 6.19. The van der Waals surface area contributed by atoms with Crippen LogP contribution in [0.2, 0.25) is 0 Å². The monoisotopic (exact) mass is 263 g/mol. The van der Waals surface area contributed by atoms with Crippen LogP contribution in [-0.2, 0) is 0 Å². The fourth-order valence-electron chi connectivity index (χ4n) is 2.87.